The highest BCUT2D eigenvalue weighted by atomic mass is 14.9. The molecule has 0 N–H and O–H groups in total. The molecular formula is C30H18N2. The Morgan fingerprint density at radius 1 is 0.625 bits per heavy atom. The first-order valence-electron chi connectivity index (χ1n) is 11.1. The van der Waals surface area contributed by atoms with Crippen LogP contribution in [0, 0.1) is 0 Å². The van der Waals surface area contributed by atoms with Crippen LogP contribution in [-0.4, -0.2) is 9.38 Å². The van der Waals surface area contributed by atoms with Crippen LogP contribution in [0.15, 0.2) is 97.2 Å². The maximum Gasteiger partial charge on any atom is 0.0743 e. The minimum Gasteiger partial charge on any atom is -0.308 e. The Balaban J connectivity index is 1.43. The Kier molecular flexibility index (Phi) is 2.96. The largest absolute Gasteiger partial charge is 0.308 e. The normalized spacial score (nSPS) is 12.9. The van der Waals surface area contributed by atoms with E-state index in [1.807, 2.05) is 6.20 Å². The van der Waals surface area contributed by atoms with Crippen molar-refractivity contribution in [1.82, 2.24) is 9.38 Å². The molecule has 1 aliphatic carbocycles. The van der Waals surface area contributed by atoms with Crippen LogP contribution in [0.3, 0.4) is 0 Å². The van der Waals surface area contributed by atoms with Crippen LogP contribution in [0.4, 0.5) is 0 Å². The Bertz CT molecular complexity index is 1850. The molecule has 0 aliphatic heterocycles. The second-order valence-electron chi connectivity index (χ2n) is 8.81. The van der Waals surface area contributed by atoms with E-state index in [0.29, 0.717) is 0 Å². The molecule has 8 rings (SSSR count). The summed E-state index contributed by atoms with van der Waals surface area (Å²) >= 11 is 0. The van der Waals surface area contributed by atoms with Crippen molar-refractivity contribution in [2.24, 2.45) is 0 Å². The second-order valence-corrected chi connectivity index (χ2v) is 8.81. The van der Waals surface area contributed by atoms with Crippen LogP contribution in [0.25, 0.3) is 60.5 Å². The van der Waals surface area contributed by atoms with Crippen molar-refractivity contribution < 1.29 is 0 Å². The molecule has 0 spiro atoms. The van der Waals surface area contributed by atoms with Crippen LogP contribution < -0.4 is 0 Å². The molecule has 0 radical (unpaired) electrons. The van der Waals surface area contributed by atoms with Gasteiger partial charge in [-0.1, -0.05) is 66.7 Å². The lowest BCUT2D eigenvalue weighted by molar-refractivity contribution is 1.21. The van der Waals surface area contributed by atoms with E-state index in [0.717, 1.165) is 12.1 Å². The van der Waals surface area contributed by atoms with E-state index in [-0.39, 0.29) is 0 Å². The zero-order valence-electron chi connectivity index (χ0n) is 17.3. The number of hydrogen-bond donors (Lipinski definition) is 0. The van der Waals surface area contributed by atoms with E-state index in [4.69, 9.17) is 4.98 Å². The van der Waals surface area contributed by atoms with Crippen molar-refractivity contribution in [3.8, 4) is 22.4 Å². The zero-order valence-corrected chi connectivity index (χ0v) is 17.3. The van der Waals surface area contributed by atoms with Gasteiger partial charge < -0.3 is 4.40 Å². The molecule has 2 nitrogen and oxygen atoms in total. The van der Waals surface area contributed by atoms with E-state index in [9.17, 15) is 0 Å². The lowest BCUT2D eigenvalue weighted by Crippen LogP contribution is -1.92. The molecule has 0 saturated carbocycles. The zero-order chi connectivity index (χ0) is 20.8. The van der Waals surface area contributed by atoms with Gasteiger partial charge in [-0.15, -0.1) is 0 Å². The van der Waals surface area contributed by atoms with Gasteiger partial charge in [0, 0.05) is 39.7 Å². The van der Waals surface area contributed by atoms with Crippen LogP contribution in [0.2, 0.25) is 0 Å². The molecule has 32 heavy (non-hydrogen) atoms. The van der Waals surface area contributed by atoms with Gasteiger partial charge in [-0.25, -0.2) is 0 Å². The lowest BCUT2D eigenvalue weighted by Gasteiger charge is -2.08. The predicted molar refractivity (Wildman–Crippen MR) is 133 cm³/mol. The van der Waals surface area contributed by atoms with E-state index in [1.54, 1.807) is 0 Å². The summed E-state index contributed by atoms with van der Waals surface area (Å²) in [5.41, 5.74) is 11.6. The summed E-state index contributed by atoms with van der Waals surface area (Å²) in [4.78, 5) is 4.86. The Hall–Kier alpha value is -4.17. The van der Waals surface area contributed by atoms with Crippen molar-refractivity contribution in [3.05, 3.63) is 108 Å². The molecule has 148 valence electrons. The highest BCUT2D eigenvalue weighted by molar-refractivity contribution is 6.23. The maximum absolute atomic E-state index is 4.86. The average molecular weight is 406 g/mol. The van der Waals surface area contributed by atoms with Crippen molar-refractivity contribution in [3.63, 3.8) is 0 Å². The Morgan fingerprint density at radius 3 is 2.38 bits per heavy atom. The molecule has 0 fully saturated rings. The van der Waals surface area contributed by atoms with Gasteiger partial charge in [-0.3, -0.25) is 4.98 Å². The van der Waals surface area contributed by atoms with Crippen LogP contribution in [-0.2, 0) is 6.42 Å². The monoisotopic (exact) mass is 406 g/mol. The molecule has 4 aromatic carbocycles. The van der Waals surface area contributed by atoms with Crippen LogP contribution in [0.1, 0.15) is 11.1 Å². The standard InChI is InChI=1S/C30H18N2/c1-2-7-20-18(6-1)16-26-21(20)14-15-31-29(26)19-12-13-28-25(17-19)24-10-5-9-23-22-8-3-4-11-27(22)32(28)30(23)24/h1-15,17H,16H2. The summed E-state index contributed by atoms with van der Waals surface area (Å²) in [6.45, 7) is 0. The molecule has 0 unspecified atom stereocenters. The molecule has 0 atom stereocenters. The molecule has 0 bridgehead atoms. The number of aromatic nitrogens is 2. The number of fused-ring (bicyclic) bond motifs is 9. The summed E-state index contributed by atoms with van der Waals surface area (Å²) in [7, 11) is 0. The van der Waals surface area contributed by atoms with Crippen LogP contribution >= 0.6 is 0 Å². The number of nitrogens with zero attached hydrogens (tertiary/aromatic N) is 2. The van der Waals surface area contributed by atoms with Crippen molar-refractivity contribution in [1.29, 1.82) is 0 Å². The highest BCUT2D eigenvalue weighted by Crippen LogP contribution is 2.43. The number of para-hydroxylation sites is 2. The summed E-state index contributed by atoms with van der Waals surface area (Å²) in [6.07, 6.45) is 2.91. The molecule has 0 amide bonds. The van der Waals surface area contributed by atoms with E-state index < -0.39 is 0 Å². The fourth-order valence-corrected chi connectivity index (χ4v) is 5.88. The van der Waals surface area contributed by atoms with Gasteiger partial charge >= 0.3 is 0 Å². The van der Waals surface area contributed by atoms with Crippen molar-refractivity contribution in [2.45, 2.75) is 6.42 Å². The lowest BCUT2D eigenvalue weighted by atomic mass is 9.99. The van der Waals surface area contributed by atoms with Crippen LogP contribution in [0.5, 0.6) is 0 Å². The average Bonchev–Trinajstić information content (AvgIpc) is 3.50. The van der Waals surface area contributed by atoms with Gasteiger partial charge in [0.05, 0.1) is 22.2 Å². The van der Waals surface area contributed by atoms with Gasteiger partial charge in [-0.05, 0) is 46.5 Å². The van der Waals surface area contributed by atoms with Gasteiger partial charge in [0.2, 0.25) is 0 Å². The third-order valence-electron chi connectivity index (χ3n) is 7.23. The topological polar surface area (TPSA) is 17.3 Å². The Labute approximate surface area is 184 Å². The van der Waals surface area contributed by atoms with E-state index in [1.165, 1.54) is 65.9 Å². The molecule has 2 heteroatoms. The SMILES string of the molecule is c1ccc2c(c1)Cc1c-2ccnc1-c1ccc2c(c1)c1cccc3c4ccccc4n2c31. The number of pyridine rings is 1. The van der Waals surface area contributed by atoms with Gasteiger partial charge in [0.25, 0.3) is 0 Å². The predicted octanol–water partition coefficient (Wildman–Crippen LogP) is 7.47. The van der Waals surface area contributed by atoms with Gasteiger partial charge in [-0.2, -0.15) is 0 Å². The fourth-order valence-electron chi connectivity index (χ4n) is 5.88. The first-order chi connectivity index (χ1) is 15.9. The van der Waals surface area contributed by atoms with Gasteiger partial charge in [0.15, 0.2) is 0 Å². The third kappa shape index (κ3) is 1.93. The fraction of sp³-hybridized carbons (Fsp3) is 0.0333. The number of hydrogen-bond acceptors (Lipinski definition) is 1. The second kappa shape index (κ2) is 5.74. The molecule has 3 heterocycles. The Morgan fingerprint density at radius 2 is 1.41 bits per heavy atom. The molecular weight excluding hydrogens is 388 g/mol. The third-order valence-corrected chi connectivity index (χ3v) is 7.23. The summed E-state index contributed by atoms with van der Waals surface area (Å²) in [5.74, 6) is 0. The summed E-state index contributed by atoms with van der Waals surface area (Å²) in [6, 6.07) is 33.2. The van der Waals surface area contributed by atoms with E-state index in [2.05, 4.69) is 95.4 Å². The number of benzene rings is 4. The molecule has 0 saturated heterocycles. The van der Waals surface area contributed by atoms with Gasteiger partial charge in [0.1, 0.15) is 0 Å². The minimum atomic E-state index is 0.950. The maximum atomic E-state index is 4.86. The smallest absolute Gasteiger partial charge is 0.0743 e. The first kappa shape index (κ1) is 16.5. The summed E-state index contributed by atoms with van der Waals surface area (Å²) < 4.78 is 2.43. The first-order valence-corrected chi connectivity index (χ1v) is 11.1. The molecule has 7 aromatic rings. The van der Waals surface area contributed by atoms with E-state index >= 15 is 0 Å². The number of rotatable bonds is 1. The quantitative estimate of drug-likeness (QED) is 0.276. The summed E-state index contributed by atoms with van der Waals surface area (Å²) in [5, 5.41) is 5.25. The molecule has 3 aromatic heterocycles. The minimum absolute atomic E-state index is 0.950. The van der Waals surface area contributed by atoms with Crippen molar-refractivity contribution in [2.75, 3.05) is 0 Å². The van der Waals surface area contributed by atoms with Crippen molar-refractivity contribution >= 4 is 38.1 Å². The highest BCUT2D eigenvalue weighted by Gasteiger charge is 2.23. The molecule has 1 aliphatic rings.